The van der Waals surface area contributed by atoms with Crippen LogP contribution in [0.1, 0.15) is 54.6 Å². The maximum Gasteiger partial charge on any atom is 0.410 e. The molecule has 0 saturated carbocycles. The van der Waals surface area contributed by atoms with Crippen molar-refractivity contribution in [2.24, 2.45) is 5.92 Å². The highest BCUT2D eigenvalue weighted by Crippen LogP contribution is 2.34. The second-order valence-electron chi connectivity index (χ2n) is 7.67. The first-order valence-corrected chi connectivity index (χ1v) is 10.4. The highest BCUT2D eigenvalue weighted by Gasteiger charge is 2.26. The summed E-state index contributed by atoms with van der Waals surface area (Å²) in [5, 5.41) is 1.20. The van der Waals surface area contributed by atoms with Gasteiger partial charge in [-0.05, 0) is 64.5 Å². The summed E-state index contributed by atoms with van der Waals surface area (Å²) < 4.78 is 6.70. The zero-order valence-electron chi connectivity index (χ0n) is 15.0. The molecule has 0 atom stereocenters. The van der Waals surface area contributed by atoms with Crippen LogP contribution in [0, 0.1) is 5.92 Å². The minimum Gasteiger partial charge on any atom is -0.444 e. The predicted molar refractivity (Wildman–Crippen MR) is 104 cm³/mol. The van der Waals surface area contributed by atoms with Gasteiger partial charge in [-0.15, -0.1) is 22.7 Å². The molecule has 4 nitrogen and oxygen atoms in total. The first kappa shape index (κ1) is 18.4. The van der Waals surface area contributed by atoms with Crippen LogP contribution in [0.2, 0.25) is 0 Å². The summed E-state index contributed by atoms with van der Waals surface area (Å²) in [5.74, 6) is 0.671. The standard InChI is InChI=1S/C19H25NO3S2/c1-19(2,3)23-18(22)20-8-6-13(7-9-20)4-5-15-10-14-11-16(12-21)25-17(14)24-15/h10-13H,4-9H2,1-3H3. The van der Waals surface area contributed by atoms with Crippen molar-refractivity contribution in [1.82, 2.24) is 4.90 Å². The smallest absolute Gasteiger partial charge is 0.410 e. The fourth-order valence-corrected chi connectivity index (χ4v) is 5.51. The van der Waals surface area contributed by atoms with Gasteiger partial charge in [0, 0.05) is 23.4 Å². The Hall–Kier alpha value is -1.40. The predicted octanol–water partition coefficient (Wildman–Crippen LogP) is 5.36. The third kappa shape index (κ3) is 4.82. The molecule has 1 amide bonds. The highest BCUT2D eigenvalue weighted by molar-refractivity contribution is 7.38. The van der Waals surface area contributed by atoms with E-state index in [0.29, 0.717) is 5.92 Å². The van der Waals surface area contributed by atoms with Crippen molar-refractivity contribution < 1.29 is 14.3 Å². The first-order valence-electron chi connectivity index (χ1n) is 8.79. The number of fused-ring (bicyclic) bond motifs is 1. The van der Waals surface area contributed by atoms with Gasteiger partial charge in [-0.1, -0.05) is 0 Å². The molecule has 0 unspecified atom stereocenters. The van der Waals surface area contributed by atoms with Crippen molar-refractivity contribution >= 4 is 44.5 Å². The van der Waals surface area contributed by atoms with E-state index in [1.165, 1.54) is 14.3 Å². The SMILES string of the molecule is CC(C)(C)OC(=O)N1CCC(CCc2cc3cc(C=O)sc3s2)CC1. The Morgan fingerprint density at radius 1 is 1.28 bits per heavy atom. The molecular weight excluding hydrogens is 354 g/mol. The largest absolute Gasteiger partial charge is 0.444 e. The lowest BCUT2D eigenvalue weighted by Gasteiger charge is -2.33. The van der Waals surface area contributed by atoms with E-state index in [9.17, 15) is 9.59 Å². The maximum absolute atomic E-state index is 12.1. The number of likely N-dealkylation sites (tertiary alicyclic amines) is 1. The molecule has 0 spiro atoms. The van der Waals surface area contributed by atoms with Crippen LogP contribution in [0.15, 0.2) is 12.1 Å². The molecule has 0 bridgehead atoms. The van der Waals surface area contributed by atoms with Gasteiger partial charge in [0.05, 0.1) is 8.89 Å². The van der Waals surface area contributed by atoms with Crippen molar-refractivity contribution in [3.63, 3.8) is 0 Å². The summed E-state index contributed by atoms with van der Waals surface area (Å²) >= 11 is 3.39. The van der Waals surface area contributed by atoms with Crippen LogP contribution in [0.3, 0.4) is 0 Å². The van der Waals surface area contributed by atoms with Gasteiger partial charge in [0.25, 0.3) is 0 Å². The van der Waals surface area contributed by atoms with Gasteiger partial charge in [-0.2, -0.15) is 0 Å². The molecule has 1 saturated heterocycles. The first-order chi connectivity index (χ1) is 11.8. The molecule has 0 aromatic carbocycles. The van der Waals surface area contributed by atoms with Crippen molar-refractivity contribution in [2.75, 3.05) is 13.1 Å². The molecular formula is C19H25NO3S2. The average Bonchev–Trinajstić information content (AvgIpc) is 3.09. The van der Waals surface area contributed by atoms with Gasteiger partial charge in [0.1, 0.15) is 5.60 Å². The number of piperidine rings is 1. The quantitative estimate of drug-likeness (QED) is 0.672. The molecule has 3 rings (SSSR count). The number of aryl methyl sites for hydroxylation is 1. The van der Waals surface area contributed by atoms with Gasteiger partial charge >= 0.3 is 6.09 Å². The van der Waals surface area contributed by atoms with E-state index in [2.05, 4.69) is 6.07 Å². The summed E-state index contributed by atoms with van der Waals surface area (Å²) in [5.41, 5.74) is -0.427. The zero-order chi connectivity index (χ0) is 18.0. The van der Waals surface area contributed by atoms with Crippen LogP contribution in [0.5, 0.6) is 0 Å². The number of hydrogen-bond acceptors (Lipinski definition) is 5. The Kier molecular flexibility index (Phi) is 5.49. The summed E-state index contributed by atoms with van der Waals surface area (Å²) in [6.07, 6.45) is 5.09. The van der Waals surface area contributed by atoms with Gasteiger partial charge in [0.2, 0.25) is 0 Å². The molecule has 1 aliphatic heterocycles. The fourth-order valence-electron chi connectivity index (χ4n) is 3.17. The van der Waals surface area contributed by atoms with Gasteiger partial charge in [-0.25, -0.2) is 4.79 Å². The number of carbonyl (C=O) groups excluding carboxylic acids is 2. The molecule has 136 valence electrons. The minimum atomic E-state index is -0.427. The zero-order valence-corrected chi connectivity index (χ0v) is 16.7. The monoisotopic (exact) mass is 379 g/mol. The minimum absolute atomic E-state index is 0.185. The Balaban J connectivity index is 1.46. The van der Waals surface area contributed by atoms with Crippen molar-refractivity contribution in [2.45, 2.75) is 52.1 Å². The van der Waals surface area contributed by atoms with E-state index >= 15 is 0 Å². The summed E-state index contributed by atoms with van der Waals surface area (Å²) in [6, 6.07) is 4.20. The lowest BCUT2D eigenvalue weighted by molar-refractivity contribution is 0.0181. The van der Waals surface area contributed by atoms with Gasteiger partial charge < -0.3 is 9.64 Å². The number of aldehydes is 1. The summed E-state index contributed by atoms with van der Waals surface area (Å²) in [6.45, 7) is 7.30. The normalized spacial score (nSPS) is 16.4. The van der Waals surface area contributed by atoms with Crippen molar-refractivity contribution in [3.8, 4) is 0 Å². The van der Waals surface area contributed by atoms with E-state index in [0.717, 1.165) is 49.9 Å². The molecule has 2 aromatic rings. The lowest BCUT2D eigenvalue weighted by Crippen LogP contribution is -2.41. The van der Waals surface area contributed by atoms with Crippen LogP contribution < -0.4 is 0 Å². The molecule has 1 fully saturated rings. The van der Waals surface area contributed by atoms with Crippen LogP contribution in [0.25, 0.3) is 9.40 Å². The Morgan fingerprint density at radius 3 is 2.60 bits per heavy atom. The van der Waals surface area contributed by atoms with Crippen molar-refractivity contribution in [3.05, 3.63) is 21.9 Å². The Bertz CT molecular complexity index is 717. The highest BCUT2D eigenvalue weighted by atomic mass is 32.2. The topological polar surface area (TPSA) is 46.6 Å². The number of carbonyl (C=O) groups is 2. The lowest BCUT2D eigenvalue weighted by atomic mass is 9.92. The average molecular weight is 380 g/mol. The van der Waals surface area contributed by atoms with Gasteiger partial charge in [-0.3, -0.25) is 4.79 Å². The molecule has 1 aliphatic rings. The Labute approximate surface area is 156 Å². The molecule has 2 aromatic heterocycles. The van der Waals surface area contributed by atoms with Crippen LogP contribution in [0.4, 0.5) is 4.79 Å². The second-order valence-corrected chi connectivity index (χ2v) is 10.2. The molecule has 6 heteroatoms. The molecule has 0 N–H and O–H groups in total. The Morgan fingerprint density at radius 2 is 2.00 bits per heavy atom. The summed E-state index contributed by atoms with van der Waals surface area (Å²) in [4.78, 5) is 27.0. The van der Waals surface area contributed by atoms with E-state index in [1.807, 2.05) is 43.1 Å². The fraction of sp³-hybridized carbons (Fsp3) is 0.579. The molecule has 0 aliphatic carbocycles. The number of ether oxygens (including phenoxy) is 1. The van der Waals surface area contributed by atoms with Crippen molar-refractivity contribution in [1.29, 1.82) is 0 Å². The number of rotatable bonds is 4. The molecule has 25 heavy (non-hydrogen) atoms. The molecule has 3 heterocycles. The number of thiophene rings is 2. The van der Waals surface area contributed by atoms with E-state index in [-0.39, 0.29) is 6.09 Å². The number of nitrogens with zero attached hydrogens (tertiary/aromatic N) is 1. The van der Waals surface area contributed by atoms with E-state index in [4.69, 9.17) is 4.74 Å². The van der Waals surface area contributed by atoms with Crippen LogP contribution in [-0.2, 0) is 11.2 Å². The number of hydrogen-bond donors (Lipinski definition) is 0. The second kappa shape index (κ2) is 7.46. The third-order valence-corrected chi connectivity index (χ3v) is 6.84. The van der Waals surface area contributed by atoms with Crippen LogP contribution >= 0.6 is 22.7 Å². The number of amides is 1. The third-order valence-electron chi connectivity index (χ3n) is 4.47. The van der Waals surface area contributed by atoms with E-state index < -0.39 is 5.60 Å². The van der Waals surface area contributed by atoms with Crippen LogP contribution in [-0.4, -0.2) is 36.0 Å². The molecule has 0 radical (unpaired) electrons. The maximum atomic E-state index is 12.1. The van der Waals surface area contributed by atoms with E-state index in [1.54, 1.807) is 11.3 Å². The van der Waals surface area contributed by atoms with Gasteiger partial charge in [0.15, 0.2) is 6.29 Å². The summed E-state index contributed by atoms with van der Waals surface area (Å²) in [7, 11) is 0.